The molecule has 7 rings (SSSR count). The molecule has 4 aliphatic rings. The van der Waals surface area contributed by atoms with Crippen LogP contribution in [-0.2, 0) is 55.0 Å². The van der Waals surface area contributed by atoms with Crippen LogP contribution in [0.5, 0.6) is 0 Å². The van der Waals surface area contributed by atoms with Crippen molar-refractivity contribution >= 4 is 63.9 Å². The Morgan fingerprint density at radius 3 is 1.47 bits per heavy atom. The number of hydrogen-bond acceptors (Lipinski definition) is 22. The summed E-state index contributed by atoms with van der Waals surface area (Å²) in [5.74, 6) is 5.71. The van der Waals surface area contributed by atoms with E-state index in [-0.39, 0.29) is 63.4 Å². The van der Waals surface area contributed by atoms with Crippen LogP contribution in [-0.4, -0.2) is 119 Å². The van der Waals surface area contributed by atoms with Crippen LogP contribution in [0.4, 0.5) is 0 Å². The van der Waals surface area contributed by atoms with E-state index in [9.17, 15) is 9.59 Å². The quantitative estimate of drug-likeness (QED) is 0.0749. The summed E-state index contributed by atoms with van der Waals surface area (Å²) in [6.07, 6.45) is 3.35. The van der Waals surface area contributed by atoms with E-state index < -0.39 is 0 Å². The number of nitrogens with one attached hydrogen (secondary N) is 4. The minimum Gasteiger partial charge on any atom is -0.374 e. The van der Waals surface area contributed by atoms with Gasteiger partial charge in [-0.3, -0.25) is 14.7 Å². The van der Waals surface area contributed by atoms with Crippen LogP contribution in [0.2, 0.25) is 0 Å². The topological polar surface area (TPSA) is 239 Å². The zero-order valence-electron chi connectivity index (χ0n) is 54.7. The fourth-order valence-electron chi connectivity index (χ4n) is 5.43. The largest absolute Gasteiger partial charge is 0.374 e. The van der Waals surface area contributed by atoms with Gasteiger partial charge in [-0.05, 0) is 154 Å². The van der Waals surface area contributed by atoms with Gasteiger partial charge in [-0.2, -0.15) is 15.1 Å². The number of aromatic amines is 1. The Morgan fingerprint density at radius 2 is 1.12 bits per heavy atom. The molecule has 1 aromatic carbocycles. The van der Waals surface area contributed by atoms with Gasteiger partial charge >= 0.3 is 0 Å². The molecular weight excluding hydrogens is 1140 g/mol. The number of hydroxylamine groups is 2. The van der Waals surface area contributed by atoms with E-state index in [2.05, 4.69) is 148 Å². The van der Waals surface area contributed by atoms with E-state index in [0.29, 0.717) is 61.9 Å². The molecule has 1 saturated heterocycles. The highest BCUT2D eigenvalue weighted by atomic mass is 32.2. The second kappa shape index (κ2) is 36.9. The molecule has 1 unspecified atom stereocenters. The minimum absolute atomic E-state index is 0. The molecule has 1 fully saturated rings. The van der Waals surface area contributed by atoms with E-state index in [1.54, 1.807) is 0 Å². The molecule has 0 amide bonds. The van der Waals surface area contributed by atoms with Crippen LogP contribution < -0.4 is 15.7 Å². The number of carbonyl (C=O) groups excluding carboxylic acids is 2. The summed E-state index contributed by atoms with van der Waals surface area (Å²) in [6.45, 7) is 60.1. The Hall–Kier alpha value is -5.14. The molecule has 480 valence electrons. The van der Waals surface area contributed by atoms with Crippen LogP contribution in [0.15, 0.2) is 99.3 Å². The van der Waals surface area contributed by atoms with Gasteiger partial charge in [0, 0.05) is 39.9 Å². The second-order valence-corrected chi connectivity index (χ2v) is 29.6. The minimum atomic E-state index is -0.272. The van der Waals surface area contributed by atoms with Crippen molar-refractivity contribution in [3.05, 3.63) is 102 Å². The fourth-order valence-corrected chi connectivity index (χ4v) is 7.88. The zero-order chi connectivity index (χ0) is 64.3. The highest BCUT2D eigenvalue weighted by Crippen LogP contribution is 2.29. The summed E-state index contributed by atoms with van der Waals surface area (Å²) >= 11 is 4.48. The molecule has 4 N–H and O–H groups in total. The average molecular weight is 1240 g/mol. The van der Waals surface area contributed by atoms with Crippen LogP contribution in [0.3, 0.4) is 0 Å². The lowest BCUT2D eigenvalue weighted by atomic mass is 9.92. The summed E-state index contributed by atoms with van der Waals surface area (Å²) in [6, 6.07) is 10.5. The fraction of sp³-hybridized carbons (Fsp3) is 0.629. The number of hydrogen-bond donors (Lipinski definition) is 4. The van der Waals surface area contributed by atoms with Gasteiger partial charge in [-0.1, -0.05) is 85.5 Å². The number of aliphatic imine (C=N–C) groups is 3. The van der Waals surface area contributed by atoms with Gasteiger partial charge in [-0.25, -0.2) is 30.9 Å². The molecule has 4 aliphatic heterocycles. The number of ether oxygens (including phenoxy) is 5. The number of aromatic nitrogens is 5. The third-order valence-corrected chi connectivity index (χ3v) is 13.1. The maximum Gasteiger partial charge on any atom is 0.240 e. The highest BCUT2D eigenvalue weighted by molar-refractivity contribution is 8.15. The van der Waals surface area contributed by atoms with Crippen LogP contribution >= 0.6 is 35.5 Å². The zero-order valence-corrected chi connectivity index (χ0v) is 57.2. The SMILES string of the molecule is C.C=C1N=C(COC(C)(C)C)NO1.C=C1N=C(COC(C)(C)C)NO1.C=C1N=C(COC(C)(C)C)NS1.CC(C)(C)OCC1SC(=O)CC1=O.CC(C)(C)OCc1ncn[nH]1.Cc1ccccc1SCC(C)(C)C.Cc1nccc(C(C)(C)C)n1. The number of amidine groups is 3. The molecule has 2 aromatic heterocycles. The Labute approximate surface area is 523 Å². The lowest BCUT2D eigenvalue weighted by Crippen LogP contribution is -2.28. The number of thioether (sulfide) groups is 2. The summed E-state index contributed by atoms with van der Waals surface area (Å²) < 4.78 is 30.3. The van der Waals surface area contributed by atoms with Crippen molar-refractivity contribution in [2.24, 2.45) is 20.4 Å². The molecule has 0 spiro atoms. The number of carbonyl (C=O) groups is 2. The van der Waals surface area contributed by atoms with Crippen molar-refractivity contribution in [1.29, 1.82) is 0 Å². The standard InChI is InChI=1S/C12H18S.C9H14N2.C9H14O3S.2C8H14N2O2.C8H14N2OS.C7H13N3O.CH4/c1-10-7-5-6-8-11(10)13-9-12(2,3)4;1-7-10-6-5-8(11-7)9(2,3)4;1-9(2,3)12-5-7-6(10)4-8(11)13-7;3*1-6-9-7(10-12-6)5-11-8(2,3)4;1-7(2,3)11-4-6-8-5-9-10-6;/h5-8H,9H2,1-4H3;5-6H,1-4H3;7H,4-5H2,1-3H3;3*1,5H2,2-4H3,(H,9,10);5H,4H2,1-3H3,(H,8,9,10);1H4. The van der Waals surface area contributed by atoms with Crippen molar-refractivity contribution < 1.29 is 42.9 Å². The predicted molar refractivity (Wildman–Crippen MR) is 352 cm³/mol. The Kier molecular flexibility index (Phi) is 34.6. The van der Waals surface area contributed by atoms with Crippen molar-refractivity contribution in [2.45, 2.75) is 223 Å². The molecular formula is C62H105N11O9S3. The van der Waals surface area contributed by atoms with Crippen molar-refractivity contribution in [2.75, 3.05) is 32.2 Å². The van der Waals surface area contributed by atoms with E-state index in [1.807, 2.05) is 135 Å². The van der Waals surface area contributed by atoms with Gasteiger partial charge in [-0.15, -0.1) is 11.8 Å². The second-order valence-electron chi connectivity index (χ2n) is 26.4. The lowest BCUT2D eigenvalue weighted by Gasteiger charge is -2.20. The molecule has 0 saturated carbocycles. The normalized spacial score (nSPS) is 15.8. The molecule has 0 radical (unpaired) electrons. The average Bonchev–Trinajstić information content (AvgIpc) is 4.37. The molecule has 0 aliphatic carbocycles. The maximum atomic E-state index is 11.2. The molecule has 85 heavy (non-hydrogen) atoms. The van der Waals surface area contributed by atoms with Crippen molar-refractivity contribution in [3.63, 3.8) is 0 Å². The summed E-state index contributed by atoms with van der Waals surface area (Å²) in [4.78, 5) is 57.4. The first-order valence-electron chi connectivity index (χ1n) is 27.7. The van der Waals surface area contributed by atoms with E-state index in [0.717, 1.165) is 40.0 Å². The van der Waals surface area contributed by atoms with Crippen molar-refractivity contribution in [3.8, 4) is 0 Å². The van der Waals surface area contributed by atoms with E-state index in [1.165, 1.54) is 34.5 Å². The smallest absolute Gasteiger partial charge is 0.240 e. The number of H-pyrrole nitrogens is 1. The van der Waals surface area contributed by atoms with E-state index in [4.69, 9.17) is 33.4 Å². The summed E-state index contributed by atoms with van der Waals surface area (Å²) in [5.41, 5.74) is 7.45. The summed E-state index contributed by atoms with van der Waals surface area (Å²) in [5, 5.41) is 6.92. The van der Waals surface area contributed by atoms with Crippen LogP contribution in [0.25, 0.3) is 0 Å². The number of aryl methyl sites for hydroxylation is 2. The number of rotatable bonds is 12. The predicted octanol–water partition coefficient (Wildman–Crippen LogP) is 13.7. The Bertz CT molecular complexity index is 2500. The van der Waals surface area contributed by atoms with Gasteiger partial charge in [0.25, 0.3) is 0 Å². The number of nitrogens with zero attached hydrogens (tertiary/aromatic N) is 7. The van der Waals surface area contributed by atoms with Gasteiger partial charge in [0.15, 0.2) is 22.6 Å². The molecule has 3 aromatic rings. The molecule has 0 bridgehead atoms. The number of ketones is 1. The monoisotopic (exact) mass is 1240 g/mol. The number of Topliss-reactive ketones (excluding diaryl/α,β-unsaturated/α-hetero) is 1. The first kappa shape index (κ1) is 79.9. The van der Waals surface area contributed by atoms with Crippen LogP contribution in [0.1, 0.15) is 182 Å². The molecule has 6 heterocycles. The molecule has 23 heteroatoms. The van der Waals surface area contributed by atoms with Gasteiger partial charge in [0.05, 0.1) is 46.3 Å². The first-order valence-corrected chi connectivity index (χ1v) is 30.4. The number of benzene rings is 1. The third kappa shape index (κ3) is 43.2. The molecule has 1 atom stereocenters. The van der Waals surface area contributed by atoms with Gasteiger partial charge < -0.3 is 38.1 Å². The van der Waals surface area contributed by atoms with Gasteiger partial charge in [0.1, 0.15) is 55.3 Å². The summed E-state index contributed by atoms with van der Waals surface area (Å²) in [7, 11) is 0. The third-order valence-electron chi connectivity index (χ3n) is 9.59. The molecule has 20 nitrogen and oxygen atoms in total. The Morgan fingerprint density at radius 1 is 0.635 bits per heavy atom. The van der Waals surface area contributed by atoms with Crippen LogP contribution in [0, 0.1) is 19.3 Å². The Balaban J connectivity index is 0.000000967. The maximum absolute atomic E-state index is 11.2. The lowest BCUT2D eigenvalue weighted by molar-refractivity contribution is -0.122. The van der Waals surface area contributed by atoms with E-state index >= 15 is 0 Å². The first-order chi connectivity index (χ1) is 38.4. The highest BCUT2D eigenvalue weighted by Gasteiger charge is 2.33. The van der Waals surface area contributed by atoms with Crippen molar-refractivity contribution in [1.82, 2.24) is 40.8 Å². The van der Waals surface area contributed by atoms with Gasteiger partial charge in [0.2, 0.25) is 11.8 Å².